The molecule has 3 rings (SSSR count). The average Bonchev–Trinajstić information content (AvgIpc) is 3.11. The zero-order valence-corrected chi connectivity index (χ0v) is 18.4. The number of aromatic nitrogens is 2. The van der Waals surface area contributed by atoms with Crippen LogP contribution < -0.4 is 11.1 Å². The van der Waals surface area contributed by atoms with Crippen LogP contribution in [0.1, 0.15) is 28.0 Å². The molecule has 0 aliphatic carbocycles. The molecule has 0 radical (unpaired) electrons. The molecule has 0 spiro atoms. The predicted molar refractivity (Wildman–Crippen MR) is 120 cm³/mol. The Bertz CT molecular complexity index is 1360. The lowest BCUT2D eigenvalue weighted by Gasteiger charge is -2.07. The van der Waals surface area contributed by atoms with Crippen LogP contribution in [0.4, 0.5) is 11.5 Å². The molecule has 0 atom stereocenters. The fraction of sp³-hybridized carbons (Fsp3) is 0.190. The van der Waals surface area contributed by atoms with Gasteiger partial charge in [0.15, 0.2) is 9.84 Å². The number of nitro groups is 1. The molecule has 0 bridgehead atoms. The van der Waals surface area contributed by atoms with Gasteiger partial charge in [0, 0.05) is 30.5 Å². The van der Waals surface area contributed by atoms with Crippen molar-refractivity contribution >= 4 is 27.2 Å². The standard InChI is InChI=1S/C21H20N6O5S/c1-33(31,32)17-11-14(10-16(12-17)27(29)30)21(28)24-9-5-8-19-18(13-22)20(23)26(25-19)15-6-3-2-4-7-15/h2-4,6-7,10-12H,5,8-9,23H2,1H3,(H,24,28). The lowest BCUT2D eigenvalue weighted by molar-refractivity contribution is -0.385. The summed E-state index contributed by atoms with van der Waals surface area (Å²) in [5.41, 5.74) is 6.86. The number of nitrogens with zero attached hydrogens (tertiary/aromatic N) is 4. The van der Waals surface area contributed by atoms with E-state index in [9.17, 15) is 28.6 Å². The van der Waals surface area contributed by atoms with Gasteiger partial charge in [-0.15, -0.1) is 0 Å². The number of carbonyl (C=O) groups is 1. The molecule has 3 N–H and O–H groups in total. The highest BCUT2D eigenvalue weighted by Gasteiger charge is 2.20. The number of non-ortho nitro benzene ring substituents is 1. The summed E-state index contributed by atoms with van der Waals surface area (Å²) in [5.74, 6) is -0.439. The van der Waals surface area contributed by atoms with Crippen molar-refractivity contribution < 1.29 is 18.1 Å². The lowest BCUT2D eigenvalue weighted by atomic mass is 10.1. The molecule has 170 valence electrons. The number of anilines is 1. The Kier molecular flexibility index (Phi) is 6.74. The smallest absolute Gasteiger partial charge is 0.271 e. The van der Waals surface area contributed by atoms with Gasteiger partial charge in [-0.25, -0.2) is 13.1 Å². The summed E-state index contributed by atoms with van der Waals surface area (Å²) < 4.78 is 25.1. The van der Waals surface area contributed by atoms with Crippen LogP contribution in [0.5, 0.6) is 0 Å². The van der Waals surface area contributed by atoms with Crippen LogP contribution in [0.15, 0.2) is 53.4 Å². The first kappa shape index (κ1) is 23.4. The van der Waals surface area contributed by atoms with Crippen molar-refractivity contribution in [2.75, 3.05) is 18.5 Å². The minimum absolute atomic E-state index is 0.139. The number of aryl methyl sites for hydroxylation is 1. The van der Waals surface area contributed by atoms with Crippen LogP contribution in [-0.2, 0) is 16.3 Å². The summed E-state index contributed by atoms with van der Waals surface area (Å²) in [5, 5.41) is 27.6. The number of hydrogen-bond donors (Lipinski definition) is 2. The van der Waals surface area contributed by atoms with Gasteiger partial charge in [-0.3, -0.25) is 14.9 Å². The zero-order valence-electron chi connectivity index (χ0n) is 17.6. The zero-order chi connectivity index (χ0) is 24.2. The largest absolute Gasteiger partial charge is 0.382 e. The van der Waals surface area contributed by atoms with E-state index in [1.54, 1.807) is 12.1 Å². The molecule has 33 heavy (non-hydrogen) atoms. The number of hydrogen-bond acceptors (Lipinski definition) is 8. The normalized spacial score (nSPS) is 11.0. The molecule has 1 aromatic heterocycles. The average molecular weight is 468 g/mol. The summed E-state index contributed by atoms with van der Waals surface area (Å²) in [6, 6.07) is 14.2. The van der Waals surface area contributed by atoms with Gasteiger partial charge in [0.1, 0.15) is 17.5 Å². The number of sulfone groups is 1. The minimum atomic E-state index is -3.75. The SMILES string of the molecule is CS(=O)(=O)c1cc(C(=O)NCCCc2nn(-c3ccccc3)c(N)c2C#N)cc([N+](=O)[O-])c1. The van der Waals surface area contributed by atoms with E-state index in [0.29, 0.717) is 24.2 Å². The van der Waals surface area contributed by atoms with Crippen molar-refractivity contribution in [3.8, 4) is 11.8 Å². The van der Waals surface area contributed by atoms with E-state index >= 15 is 0 Å². The molecule has 0 saturated carbocycles. The number of nitro benzene ring substituents is 1. The highest BCUT2D eigenvalue weighted by molar-refractivity contribution is 7.90. The Morgan fingerprint density at radius 3 is 2.58 bits per heavy atom. The number of nitrogens with one attached hydrogen (secondary N) is 1. The maximum absolute atomic E-state index is 12.5. The molecule has 12 heteroatoms. The van der Waals surface area contributed by atoms with Gasteiger partial charge in [0.25, 0.3) is 11.6 Å². The van der Waals surface area contributed by atoms with Crippen LogP contribution in [0.3, 0.4) is 0 Å². The van der Waals surface area contributed by atoms with Crippen LogP contribution >= 0.6 is 0 Å². The minimum Gasteiger partial charge on any atom is -0.382 e. The molecular formula is C21H20N6O5S. The van der Waals surface area contributed by atoms with E-state index in [1.165, 1.54) is 4.68 Å². The second-order valence-electron chi connectivity index (χ2n) is 7.17. The number of rotatable bonds is 8. The number of carbonyl (C=O) groups excluding carboxylic acids is 1. The van der Waals surface area contributed by atoms with Crippen molar-refractivity contribution in [2.45, 2.75) is 17.7 Å². The monoisotopic (exact) mass is 468 g/mol. The van der Waals surface area contributed by atoms with Gasteiger partial charge in [-0.2, -0.15) is 10.4 Å². The van der Waals surface area contributed by atoms with Crippen molar-refractivity contribution in [1.82, 2.24) is 15.1 Å². The maximum Gasteiger partial charge on any atom is 0.271 e. The van der Waals surface area contributed by atoms with Gasteiger partial charge in [-0.1, -0.05) is 18.2 Å². The number of benzene rings is 2. The third kappa shape index (κ3) is 5.34. The number of nitriles is 1. The molecule has 0 unspecified atom stereocenters. The van der Waals surface area contributed by atoms with Crippen LogP contribution in [0, 0.1) is 21.4 Å². The van der Waals surface area contributed by atoms with E-state index in [-0.39, 0.29) is 28.4 Å². The van der Waals surface area contributed by atoms with Crippen molar-refractivity contribution in [3.05, 3.63) is 75.5 Å². The van der Waals surface area contributed by atoms with E-state index < -0.39 is 26.4 Å². The summed E-state index contributed by atoms with van der Waals surface area (Å²) in [6.45, 7) is 0.165. The van der Waals surface area contributed by atoms with E-state index in [0.717, 1.165) is 24.5 Å². The highest BCUT2D eigenvalue weighted by atomic mass is 32.2. The van der Waals surface area contributed by atoms with Gasteiger partial charge < -0.3 is 11.1 Å². The Morgan fingerprint density at radius 1 is 1.27 bits per heavy atom. The second kappa shape index (κ2) is 9.49. The van der Waals surface area contributed by atoms with Crippen molar-refractivity contribution in [2.24, 2.45) is 0 Å². The molecular weight excluding hydrogens is 448 g/mol. The predicted octanol–water partition coefficient (Wildman–Crippen LogP) is 2.00. The summed E-state index contributed by atoms with van der Waals surface area (Å²) in [6.07, 6.45) is 1.65. The van der Waals surface area contributed by atoms with Crippen LogP contribution in [0.2, 0.25) is 0 Å². The first-order chi connectivity index (χ1) is 15.6. The number of nitrogens with two attached hydrogens (primary N) is 1. The van der Waals surface area contributed by atoms with Gasteiger partial charge in [-0.05, 0) is 31.0 Å². The van der Waals surface area contributed by atoms with E-state index in [1.807, 2.05) is 18.2 Å². The Balaban J connectivity index is 1.70. The molecule has 1 heterocycles. The molecule has 0 saturated heterocycles. The molecule has 2 aromatic carbocycles. The summed E-state index contributed by atoms with van der Waals surface area (Å²) >= 11 is 0. The van der Waals surface area contributed by atoms with E-state index in [2.05, 4.69) is 16.5 Å². The fourth-order valence-electron chi connectivity index (χ4n) is 3.13. The molecule has 0 aliphatic heterocycles. The van der Waals surface area contributed by atoms with Crippen LogP contribution in [-0.4, -0.2) is 41.8 Å². The topological polar surface area (TPSA) is 174 Å². The Labute approximate surface area is 189 Å². The van der Waals surface area contributed by atoms with Crippen molar-refractivity contribution in [3.63, 3.8) is 0 Å². The van der Waals surface area contributed by atoms with Crippen LogP contribution in [0.25, 0.3) is 5.69 Å². The molecule has 1 amide bonds. The molecule has 3 aromatic rings. The maximum atomic E-state index is 12.5. The quantitative estimate of drug-likeness (QED) is 0.287. The van der Waals surface area contributed by atoms with Gasteiger partial charge in [0.2, 0.25) is 0 Å². The summed E-state index contributed by atoms with van der Waals surface area (Å²) in [4.78, 5) is 22.5. The van der Waals surface area contributed by atoms with Gasteiger partial charge in [0.05, 0.1) is 21.2 Å². The Hall–Kier alpha value is -4.24. The van der Waals surface area contributed by atoms with Crippen molar-refractivity contribution in [1.29, 1.82) is 5.26 Å². The molecule has 0 aliphatic rings. The summed E-state index contributed by atoms with van der Waals surface area (Å²) in [7, 11) is -3.75. The number of para-hydroxylation sites is 1. The fourth-order valence-corrected chi connectivity index (χ4v) is 3.81. The van der Waals surface area contributed by atoms with E-state index in [4.69, 9.17) is 5.73 Å². The third-order valence-corrected chi connectivity index (χ3v) is 5.87. The van der Waals surface area contributed by atoms with Gasteiger partial charge >= 0.3 is 0 Å². The third-order valence-electron chi connectivity index (χ3n) is 4.77. The first-order valence-corrected chi connectivity index (χ1v) is 11.6. The highest BCUT2D eigenvalue weighted by Crippen LogP contribution is 2.22. The second-order valence-corrected chi connectivity index (χ2v) is 9.19. The number of nitrogen functional groups attached to an aromatic ring is 1. The number of amides is 1. The Morgan fingerprint density at radius 2 is 1.97 bits per heavy atom. The molecule has 11 nitrogen and oxygen atoms in total. The molecule has 0 fully saturated rings. The lowest BCUT2D eigenvalue weighted by Crippen LogP contribution is -2.25. The first-order valence-electron chi connectivity index (χ1n) is 9.72.